The van der Waals surface area contributed by atoms with Crippen LogP contribution in [-0.4, -0.2) is 53.5 Å². The highest BCUT2D eigenvalue weighted by atomic mass is 16.5. The lowest BCUT2D eigenvalue weighted by molar-refractivity contribution is 0.0745. The minimum Gasteiger partial charge on any atom is -0.507 e. The van der Waals surface area contributed by atoms with Crippen LogP contribution >= 0.6 is 0 Å². The zero-order valence-corrected chi connectivity index (χ0v) is 22.9. The van der Waals surface area contributed by atoms with Crippen LogP contribution in [0.3, 0.4) is 0 Å². The minimum absolute atomic E-state index is 0.140. The molecule has 8 nitrogen and oxygen atoms in total. The molecule has 3 aromatic carbocycles. The van der Waals surface area contributed by atoms with E-state index in [1.807, 2.05) is 80.3 Å². The van der Waals surface area contributed by atoms with Gasteiger partial charge in [-0.15, -0.1) is 0 Å². The average Bonchev–Trinajstić information content (AvgIpc) is 3.48. The number of amides is 1. The SMILES string of the molecule is CCOc1ccc(C2c3c(-c4cc(C)cc(C)c4O)n[nH]c3C(=O)N2CCc2ccc(OC)cc2)cc1OC. The lowest BCUT2D eigenvalue weighted by Crippen LogP contribution is -2.31. The van der Waals surface area contributed by atoms with Crippen LogP contribution in [-0.2, 0) is 6.42 Å². The van der Waals surface area contributed by atoms with E-state index >= 15 is 0 Å². The molecule has 1 aliphatic heterocycles. The topological polar surface area (TPSA) is 96.9 Å². The normalized spacial score (nSPS) is 14.4. The zero-order chi connectivity index (χ0) is 27.7. The Morgan fingerprint density at radius 1 is 1.00 bits per heavy atom. The fourth-order valence-electron chi connectivity index (χ4n) is 5.29. The summed E-state index contributed by atoms with van der Waals surface area (Å²) >= 11 is 0. The molecule has 0 spiro atoms. The third-order valence-electron chi connectivity index (χ3n) is 7.17. The Balaban J connectivity index is 1.61. The van der Waals surface area contributed by atoms with Gasteiger partial charge in [0.2, 0.25) is 0 Å². The van der Waals surface area contributed by atoms with Crippen molar-refractivity contribution >= 4 is 5.91 Å². The first kappa shape index (κ1) is 26.2. The number of ether oxygens (including phenoxy) is 3. The summed E-state index contributed by atoms with van der Waals surface area (Å²) in [5.41, 5.74) is 6.03. The molecule has 5 rings (SSSR count). The Morgan fingerprint density at radius 3 is 2.46 bits per heavy atom. The molecule has 4 aromatic rings. The second-order valence-corrected chi connectivity index (χ2v) is 9.68. The van der Waals surface area contributed by atoms with Gasteiger partial charge in [0.15, 0.2) is 11.5 Å². The number of aromatic nitrogens is 2. The number of methoxy groups -OCH3 is 2. The molecule has 2 N–H and O–H groups in total. The fraction of sp³-hybridized carbons (Fsp3) is 0.290. The van der Waals surface area contributed by atoms with Crippen LogP contribution in [0.1, 0.15) is 51.3 Å². The maximum absolute atomic E-state index is 13.8. The molecule has 0 bridgehead atoms. The van der Waals surface area contributed by atoms with Gasteiger partial charge in [0.05, 0.1) is 26.9 Å². The molecular weight excluding hydrogens is 494 g/mol. The van der Waals surface area contributed by atoms with Crippen LogP contribution < -0.4 is 14.2 Å². The number of aromatic amines is 1. The fourth-order valence-corrected chi connectivity index (χ4v) is 5.29. The first-order valence-corrected chi connectivity index (χ1v) is 13.0. The molecule has 1 atom stereocenters. The van der Waals surface area contributed by atoms with Crippen molar-refractivity contribution in [3.05, 3.63) is 88.1 Å². The molecule has 202 valence electrons. The number of aryl methyl sites for hydroxylation is 2. The van der Waals surface area contributed by atoms with Crippen molar-refractivity contribution in [2.45, 2.75) is 33.2 Å². The molecule has 39 heavy (non-hydrogen) atoms. The van der Waals surface area contributed by atoms with Gasteiger partial charge >= 0.3 is 0 Å². The van der Waals surface area contributed by atoms with E-state index in [-0.39, 0.29) is 11.7 Å². The number of fused-ring (bicyclic) bond motifs is 1. The predicted molar refractivity (Wildman–Crippen MR) is 149 cm³/mol. The van der Waals surface area contributed by atoms with Gasteiger partial charge < -0.3 is 24.2 Å². The Kier molecular flexibility index (Phi) is 7.19. The Bertz CT molecular complexity index is 1510. The molecular formula is C31H33N3O5. The first-order chi connectivity index (χ1) is 18.9. The van der Waals surface area contributed by atoms with E-state index in [0.29, 0.717) is 48.0 Å². The second-order valence-electron chi connectivity index (χ2n) is 9.68. The number of phenols is 1. The lowest BCUT2D eigenvalue weighted by Gasteiger charge is -2.27. The molecule has 8 heteroatoms. The number of hydrogen-bond donors (Lipinski definition) is 2. The number of nitrogens with one attached hydrogen (secondary N) is 1. The molecule has 0 radical (unpaired) electrons. The maximum Gasteiger partial charge on any atom is 0.273 e. The molecule has 0 saturated heterocycles. The average molecular weight is 528 g/mol. The van der Waals surface area contributed by atoms with E-state index in [9.17, 15) is 9.90 Å². The van der Waals surface area contributed by atoms with Crippen molar-refractivity contribution in [1.29, 1.82) is 0 Å². The Hall–Kier alpha value is -4.46. The largest absolute Gasteiger partial charge is 0.507 e. The highest BCUT2D eigenvalue weighted by Gasteiger charge is 2.42. The minimum atomic E-state index is -0.440. The monoisotopic (exact) mass is 527 g/mol. The molecule has 0 saturated carbocycles. The quantitative estimate of drug-likeness (QED) is 0.294. The third-order valence-corrected chi connectivity index (χ3v) is 7.17. The maximum atomic E-state index is 13.8. The molecule has 2 heterocycles. The van der Waals surface area contributed by atoms with Gasteiger partial charge in [-0.2, -0.15) is 5.10 Å². The number of H-pyrrole nitrogens is 1. The summed E-state index contributed by atoms with van der Waals surface area (Å²) in [4.78, 5) is 15.7. The summed E-state index contributed by atoms with van der Waals surface area (Å²) in [5, 5.41) is 18.5. The van der Waals surface area contributed by atoms with Gasteiger partial charge in [-0.05, 0) is 79.8 Å². The van der Waals surface area contributed by atoms with Gasteiger partial charge in [-0.1, -0.05) is 24.3 Å². The number of rotatable bonds is 9. The van der Waals surface area contributed by atoms with Crippen molar-refractivity contribution in [2.75, 3.05) is 27.4 Å². The summed E-state index contributed by atoms with van der Waals surface area (Å²) in [7, 11) is 3.24. The van der Waals surface area contributed by atoms with Crippen LogP contribution in [0, 0.1) is 13.8 Å². The van der Waals surface area contributed by atoms with E-state index < -0.39 is 6.04 Å². The van der Waals surface area contributed by atoms with Crippen LogP contribution in [0.4, 0.5) is 0 Å². The van der Waals surface area contributed by atoms with Gasteiger partial charge in [0, 0.05) is 17.7 Å². The zero-order valence-electron chi connectivity index (χ0n) is 22.9. The van der Waals surface area contributed by atoms with Crippen molar-refractivity contribution in [3.63, 3.8) is 0 Å². The summed E-state index contributed by atoms with van der Waals surface area (Å²) in [6.07, 6.45) is 0.655. The summed E-state index contributed by atoms with van der Waals surface area (Å²) < 4.78 is 16.7. The molecule has 1 aliphatic rings. The Morgan fingerprint density at radius 2 is 1.77 bits per heavy atom. The summed E-state index contributed by atoms with van der Waals surface area (Å²) in [6, 6.07) is 17.0. The summed E-state index contributed by atoms with van der Waals surface area (Å²) in [6.45, 7) is 6.74. The smallest absolute Gasteiger partial charge is 0.273 e. The number of carbonyl (C=O) groups is 1. The van der Waals surface area contributed by atoms with E-state index in [0.717, 1.165) is 33.6 Å². The van der Waals surface area contributed by atoms with Gasteiger partial charge in [0.1, 0.15) is 22.9 Å². The highest BCUT2D eigenvalue weighted by Crippen LogP contribution is 2.46. The standard InChI is InChI=1S/C31H33N3O5/c1-6-39-24-12-9-21(17-25(24)38-5)29-26-27(23-16-18(2)15-19(3)30(23)35)32-33-28(26)31(36)34(29)14-13-20-7-10-22(37-4)11-8-20/h7-12,15-17,29,35H,6,13-14H2,1-5H3,(H,32,33). The van der Waals surface area contributed by atoms with Crippen molar-refractivity contribution in [1.82, 2.24) is 15.1 Å². The summed E-state index contributed by atoms with van der Waals surface area (Å²) in [5.74, 6) is 2.03. The Labute approximate surface area is 228 Å². The third kappa shape index (κ3) is 4.78. The van der Waals surface area contributed by atoms with Gasteiger partial charge in [0.25, 0.3) is 5.91 Å². The predicted octanol–water partition coefficient (Wildman–Crippen LogP) is 5.60. The number of hydrogen-bond acceptors (Lipinski definition) is 6. The van der Waals surface area contributed by atoms with Gasteiger partial charge in [-0.3, -0.25) is 9.89 Å². The molecule has 1 aromatic heterocycles. The number of carbonyl (C=O) groups excluding carboxylic acids is 1. The van der Waals surface area contributed by atoms with Crippen molar-refractivity contribution in [3.8, 4) is 34.3 Å². The van der Waals surface area contributed by atoms with E-state index in [1.165, 1.54) is 0 Å². The second kappa shape index (κ2) is 10.7. The molecule has 1 amide bonds. The number of aromatic hydroxyl groups is 1. The van der Waals surface area contributed by atoms with Crippen LogP contribution in [0.25, 0.3) is 11.3 Å². The van der Waals surface area contributed by atoms with Crippen LogP contribution in [0.5, 0.6) is 23.0 Å². The van der Waals surface area contributed by atoms with E-state index in [1.54, 1.807) is 14.2 Å². The number of phenolic OH excluding ortho intramolecular Hbond substituents is 1. The van der Waals surface area contributed by atoms with Crippen LogP contribution in [0.15, 0.2) is 54.6 Å². The molecule has 1 unspecified atom stereocenters. The van der Waals surface area contributed by atoms with Crippen molar-refractivity contribution < 1.29 is 24.1 Å². The number of benzene rings is 3. The number of nitrogens with zero attached hydrogens (tertiary/aromatic N) is 2. The van der Waals surface area contributed by atoms with Crippen LogP contribution in [0.2, 0.25) is 0 Å². The van der Waals surface area contributed by atoms with Gasteiger partial charge in [-0.25, -0.2) is 0 Å². The highest BCUT2D eigenvalue weighted by molar-refractivity contribution is 6.00. The molecule has 0 aliphatic carbocycles. The molecule has 0 fully saturated rings. The van der Waals surface area contributed by atoms with Crippen molar-refractivity contribution in [2.24, 2.45) is 0 Å². The lowest BCUT2D eigenvalue weighted by atomic mass is 9.93. The van der Waals surface area contributed by atoms with E-state index in [4.69, 9.17) is 14.2 Å². The first-order valence-electron chi connectivity index (χ1n) is 13.0. The van der Waals surface area contributed by atoms with E-state index in [2.05, 4.69) is 10.2 Å².